The van der Waals surface area contributed by atoms with Crippen LogP contribution < -0.4 is 5.32 Å². The Morgan fingerprint density at radius 3 is 3.13 bits per heavy atom. The van der Waals surface area contributed by atoms with Crippen LogP contribution in [0.3, 0.4) is 0 Å². The third-order valence-corrected chi connectivity index (χ3v) is 2.40. The molecule has 15 heavy (non-hydrogen) atoms. The summed E-state index contributed by atoms with van der Waals surface area (Å²) in [5, 5.41) is 8.29. The average molecular weight is 226 g/mol. The van der Waals surface area contributed by atoms with Gasteiger partial charge in [0, 0.05) is 19.5 Å². The number of fused-ring (bicyclic) bond motifs is 1. The molecule has 2 heterocycles. The lowest BCUT2D eigenvalue weighted by atomic mass is 10.4. The number of aryl methyl sites for hydroxylation is 1. The predicted molar refractivity (Wildman–Crippen MR) is 60.1 cm³/mol. The van der Waals surface area contributed by atoms with Crippen LogP contribution in [0.1, 0.15) is 6.42 Å². The van der Waals surface area contributed by atoms with Gasteiger partial charge in [-0.1, -0.05) is 0 Å². The van der Waals surface area contributed by atoms with Crippen molar-refractivity contribution in [3.63, 3.8) is 0 Å². The maximum Gasteiger partial charge on any atom is 0.163 e. The summed E-state index contributed by atoms with van der Waals surface area (Å²) in [5.74, 6) is 1.46. The molecule has 0 saturated heterocycles. The van der Waals surface area contributed by atoms with Crippen molar-refractivity contribution in [1.29, 1.82) is 0 Å². The Morgan fingerprint density at radius 2 is 2.33 bits per heavy atom. The van der Waals surface area contributed by atoms with Crippen molar-refractivity contribution >= 4 is 28.5 Å². The molecule has 1 N–H and O–H groups in total. The van der Waals surface area contributed by atoms with Crippen molar-refractivity contribution in [1.82, 2.24) is 19.7 Å². The van der Waals surface area contributed by atoms with E-state index in [0.29, 0.717) is 5.88 Å². The second-order valence-electron chi connectivity index (χ2n) is 3.20. The number of aromatic nitrogens is 4. The van der Waals surface area contributed by atoms with E-state index in [0.717, 1.165) is 29.8 Å². The number of halogens is 1. The molecule has 2 rings (SSSR count). The summed E-state index contributed by atoms with van der Waals surface area (Å²) in [5.41, 5.74) is 0.832. The zero-order valence-electron chi connectivity index (χ0n) is 8.44. The molecule has 0 bridgehead atoms. The smallest absolute Gasteiger partial charge is 0.163 e. The standard InChI is InChI=1S/C9H12ClN5/c1-15-9-7(5-14-15)8(12-6-13-9)11-4-2-3-10/h5-6H,2-4H2,1H3,(H,11,12,13). The molecule has 0 aliphatic heterocycles. The van der Waals surface area contributed by atoms with Gasteiger partial charge in [-0.2, -0.15) is 5.10 Å². The van der Waals surface area contributed by atoms with E-state index in [-0.39, 0.29) is 0 Å². The molecule has 0 spiro atoms. The van der Waals surface area contributed by atoms with Gasteiger partial charge in [0.05, 0.1) is 11.6 Å². The molecule has 2 aromatic rings. The number of rotatable bonds is 4. The fraction of sp³-hybridized carbons (Fsp3) is 0.444. The highest BCUT2D eigenvalue weighted by Crippen LogP contribution is 2.17. The summed E-state index contributed by atoms with van der Waals surface area (Å²) in [4.78, 5) is 8.33. The summed E-state index contributed by atoms with van der Waals surface area (Å²) in [6.07, 6.45) is 4.21. The first-order valence-electron chi connectivity index (χ1n) is 4.75. The largest absolute Gasteiger partial charge is 0.369 e. The van der Waals surface area contributed by atoms with Gasteiger partial charge in [0.1, 0.15) is 12.1 Å². The highest BCUT2D eigenvalue weighted by atomic mass is 35.5. The molecule has 2 aromatic heterocycles. The minimum Gasteiger partial charge on any atom is -0.369 e. The minimum absolute atomic E-state index is 0.647. The number of hydrogen-bond acceptors (Lipinski definition) is 4. The molecule has 6 heteroatoms. The van der Waals surface area contributed by atoms with Crippen LogP contribution in [-0.4, -0.2) is 32.2 Å². The molecule has 0 fully saturated rings. The average Bonchev–Trinajstić information content (AvgIpc) is 2.62. The predicted octanol–water partition coefficient (Wildman–Crippen LogP) is 1.40. The monoisotopic (exact) mass is 225 g/mol. The van der Waals surface area contributed by atoms with Crippen LogP contribution in [0.15, 0.2) is 12.5 Å². The van der Waals surface area contributed by atoms with E-state index in [2.05, 4.69) is 20.4 Å². The van der Waals surface area contributed by atoms with Gasteiger partial charge < -0.3 is 5.32 Å². The van der Waals surface area contributed by atoms with E-state index in [9.17, 15) is 0 Å². The van der Waals surface area contributed by atoms with E-state index in [1.807, 2.05) is 7.05 Å². The van der Waals surface area contributed by atoms with Crippen LogP contribution in [0.4, 0.5) is 5.82 Å². The van der Waals surface area contributed by atoms with Gasteiger partial charge in [-0.05, 0) is 6.42 Å². The fourth-order valence-corrected chi connectivity index (χ4v) is 1.51. The van der Waals surface area contributed by atoms with Crippen LogP contribution in [0.25, 0.3) is 11.0 Å². The Morgan fingerprint density at radius 1 is 1.47 bits per heavy atom. The number of nitrogens with one attached hydrogen (secondary N) is 1. The number of nitrogens with zero attached hydrogens (tertiary/aromatic N) is 4. The number of alkyl halides is 1. The van der Waals surface area contributed by atoms with Gasteiger partial charge in [0.25, 0.3) is 0 Å². The second kappa shape index (κ2) is 4.44. The van der Waals surface area contributed by atoms with E-state index in [4.69, 9.17) is 11.6 Å². The van der Waals surface area contributed by atoms with E-state index in [1.54, 1.807) is 10.9 Å². The van der Waals surface area contributed by atoms with Crippen molar-refractivity contribution in [2.75, 3.05) is 17.7 Å². The minimum atomic E-state index is 0.647. The molecule has 0 unspecified atom stereocenters. The molecule has 80 valence electrons. The first-order valence-corrected chi connectivity index (χ1v) is 5.29. The highest BCUT2D eigenvalue weighted by Gasteiger charge is 2.06. The second-order valence-corrected chi connectivity index (χ2v) is 3.58. The quantitative estimate of drug-likeness (QED) is 0.632. The SMILES string of the molecule is Cn1ncc2c(NCCCCl)ncnc21. The molecular weight excluding hydrogens is 214 g/mol. The lowest BCUT2D eigenvalue weighted by molar-refractivity contribution is 0.785. The van der Waals surface area contributed by atoms with E-state index < -0.39 is 0 Å². The zero-order chi connectivity index (χ0) is 10.7. The maximum absolute atomic E-state index is 5.60. The molecule has 0 saturated carbocycles. The normalized spacial score (nSPS) is 10.8. The summed E-state index contributed by atoms with van der Waals surface area (Å²) in [6.45, 7) is 0.810. The van der Waals surface area contributed by atoms with Gasteiger partial charge in [0.15, 0.2) is 5.65 Å². The van der Waals surface area contributed by atoms with Crippen molar-refractivity contribution in [2.24, 2.45) is 7.05 Å². The van der Waals surface area contributed by atoms with Crippen LogP contribution in [0.5, 0.6) is 0 Å². The van der Waals surface area contributed by atoms with Crippen LogP contribution >= 0.6 is 11.6 Å². The molecule has 0 aliphatic carbocycles. The first kappa shape index (κ1) is 10.2. The van der Waals surface area contributed by atoms with Gasteiger partial charge in [-0.25, -0.2) is 9.97 Å². The van der Waals surface area contributed by atoms with Gasteiger partial charge in [0.2, 0.25) is 0 Å². The molecule has 0 aliphatic rings. The van der Waals surface area contributed by atoms with Crippen molar-refractivity contribution in [3.8, 4) is 0 Å². The van der Waals surface area contributed by atoms with Crippen LogP contribution in [0.2, 0.25) is 0 Å². The third-order valence-electron chi connectivity index (χ3n) is 2.13. The van der Waals surface area contributed by atoms with E-state index >= 15 is 0 Å². The van der Waals surface area contributed by atoms with Crippen molar-refractivity contribution in [2.45, 2.75) is 6.42 Å². The maximum atomic E-state index is 5.60. The summed E-state index contributed by atoms with van der Waals surface area (Å²) in [7, 11) is 1.86. The molecule has 5 nitrogen and oxygen atoms in total. The Hall–Kier alpha value is -1.36. The molecule has 0 aromatic carbocycles. The lowest BCUT2D eigenvalue weighted by Crippen LogP contribution is -2.04. The number of anilines is 1. The lowest BCUT2D eigenvalue weighted by Gasteiger charge is -2.04. The first-order chi connectivity index (χ1) is 7.33. The third kappa shape index (κ3) is 2.02. The number of hydrogen-bond donors (Lipinski definition) is 1. The van der Waals surface area contributed by atoms with Crippen molar-refractivity contribution in [3.05, 3.63) is 12.5 Å². The highest BCUT2D eigenvalue weighted by molar-refractivity contribution is 6.17. The summed E-state index contributed by atoms with van der Waals surface area (Å²) >= 11 is 5.60. The molecule has 0 atom stereocenters. The Kier molecular flexibility index (Phi) is 3.01. The zero-order valence-corrected chi connectivity index (χ0v) is 9.20. The Bertz CT molecular complexity index is 453. The Balaban J connectivity index is 2.26. The van der Waals surface area contributed by atoms with Gasteiger partial charge >= 0.3 is 0 Å². The summed E-state index contributed by atoms with van der Waals surface area (Å²) in [6, 6.07) is 0. The Labute approximate surface area is 92.5 Å². The molecular formula is C9H12ClN5. The molecule has 0 radical (unpaired) electrons. The van der Waals surface area contributed by atoms with E-state index in [1.165, 1.54) is 6.33 Å². The fourth-order valence-electron chi connectivity index (χ4n) is 1.38. The van der Waals surface area contributed by atoms with Crippen molar-refractivity contribution < 1.29 is 0 Å². The van der Waals surface area contributed by atoms with Gasteiger partial charge in [-0.15, -0.1) is 11.6 Å². The van der Waals surface area contributed by atoms with Gasteiger partial charge in [-0.3, -0.25) is 4.68 Å². The summed E-state index contributed by atoms with van der Waals surface area (Å²) < 4.78 is 1.73. The topological polar surface area (TPSA) is 55.6 Å². The molecule has 0 amide bonds. The van der Waals surface area contributed by atoms with Crippen LogP contribution in [-0.2, 0) is 7.05 Å². The van der Waals surface area contributed by atoms with Crippen LogP contribution in [0, 0.1) is 0 Å².